The number of aliphatic imine (C=N–C) groups is 1. The number of nitrogens with one attached hydrogen (secondary N) is 2. The number of likely N-dealkylation sites (tertiary alicyclic amines) is 1. The summed E-state index contributed by atoms with van der Waals surface area (Å²) in [4.78, 5) is 30.6. The normalized spacial score (nSPS) is 22.5. The van der Waals surface area contributed by atoms with E-state index in [4.69, 9.17) is 4.74 Å². The zero-order valence-corrected chi connectivity index (χ0v) is 13.3. The molecule has 8 heteroatoms. The van der Waals surface area contributed by atoms with Crippen molar-refractivity contribution in [3.8, 4) is 0 Å². The first-order chi connectivity index (χ1) is 10.7. The van der Waals surface area contributed by atoms with Gasteiger partial charge in [0.1, 0.15) is 0 Å². The summed E-state index contributed by atoms with van der Waals surface area (Å²) < 4.78 is 5.48. The Morgan fingerprint density at radius 1 is 1.50 bits per heavy atom. The monoisotopic (exact) mass is 311 g/mol. The molecule has 2 saturated heterocycles. The van der Waals surface area contributed by atoms with Crippen LogP contribution in [0.25, 0.3) is 0 Å². The van der Waals surface area contributed by atoms with E-state index in [1.165, 1.54) is 4.90 Å². The molecule has 0 aromatic rings. The van der Waals surface area contributed by atoms with E-state index in [0.29, 0.717) is 19.0 Å². The van der Waals surface area contributed by atoms with Crippen LogP contribution < -0.4 is 10.6 Å². The van der Waals surface area contributed by atoms with Gasteiger partial charge in [-0.05, 0) is 13.3 Å². The van der Waals surface area contributed by atoms with Crippen LogP contribution in [0.15, 0.2) is 4.99 Å². The van der Waals surface area contributed by atoms with E-state index in [2.05, 4.69) is 20.5 Å². The first-order valence-electron chi connectivity index (χ1n) is 7.77. The fourth-order valence-electron chi connectivity index (χ4n) is 2.74. The maximum absolute atomic E-state index is 11.5. The van der Waals surface area contributed by atoms with E-state index in [-0.39, 0.29) is 18.5 Å². The van der Waals surface area contributed by atoms with Crippen molar-refractivity contribution in [1.29, 1.82) is 0 Å². The summed E-state index contributed by atoms with van der Waals surface area (Å²) in [7, 11) is 1.74. The Hall–Kier alpha value is -1.83. The van der Waals surface area contributed by atoms with E-state index in [1.807, 2.05) is 6.92 Å². The number of amides is 3. The Labute approximate surface area is 130 Å². The molecule has 8 nitrogen and oxygen atoms in total. The summed E-state index contributed by atoms with van der Waals surface area (Å²) >= 11 is 0. The molecule has 1 unspecified atom stereocenters. The van der Waals surface area contributed by atoms with Crippen molar-refractivity contribution in [2.24, 2.45) is 10.9 Å². The van der Waals surface area contributed by atoms with Gasteiger partial charge in [-0.2, -0.15) is 0 Å². The zero-order chi connectivity index (χ0) is 15.9. The standard InChI is InChI=1S/C14H25N5O3/c1-3-22-10-11-4-6-18(9-11)13(15-2)16-5-7-19-12(20)8-17-14(19)21/h11H,3-10H2,1-2H3,(H,15,16)(H,17,21). The molecule has 2 N–H and O–H groups in total. The Balaban J connectivity index is 1.74. The van der Waals surface area contributed by atoms with Crippen LogP contribution in [0.4, 0.5) is 4.79 Å². The highest BCUT2D eigenvalue weighted by Crippen LogP contribution is 2.16. The van der Waals surface area contributed by atoms with Gasteiger partial charge in [0.25, 0.3) is 0 Å². The predicted octanol–water partition coefficient (Wildman–Crippen LogP) is -0.528. The van der Waals surface area contributed by atoms with Gasteiger partial charge in [-0.1, -0.05) is 0 Å². The molecule has 1 atom stereocenters. The van der Waals surface area contributed by atoms with Gasteiger partial charge in [0.2, 0.25) is 5.91 Å². The highest BCUT2D eigenvalue weighted by Gasteiger charge is 2.28. The fourth-order valence-corrected chi connectivity index (χ4v) is 2.74. The lowest BCUT2D eigenvalue weighted by Crippen LogP contribution is -2.44. The number of urea groups is 1. The van der Waals surface area contributed by atoms with Crippen LogP contribution in [0.5, 0.6) is 0 Å². The molecule has 2 rings (SSSR count). The molecule has 0 aliphatic carbocycles. The molecular formula is C14H25N5O3. The molecule has 0 radical (unpaired) electrons. The quantitative estimate of drug-likeness (QED) is 0.391. The number of carbonyl (C=O) groups is 2. The third kappa shape index (κ3) is 4.09. The van der Waals surface area contributed by atoms with Crippen LogP contribution in [-0.4, -0.2) is 80.7 Å². The minimum absolute atomic E-state index is 0.0960. The largest absolute Gasteiger partial charge is 0.381 e. The molecule has 0 spiro atoms. The average molecular weight is 311 g/mol. The molecular weight excluding hydrogens is 286 g/mol. The van der Waals surface area contributed by atoms with Crippen LogP contribution in [0, 0.1) is 5.92 Å². The van der Waals surface area contributed by atoms with Gasteiger partial charge < -0.3 is 20.3 Å². The Morgan fingerprint density at radius 3 is 2.95 bits per heavy atom. The van der Waals surface area contributed by atoms with Crippen LogP contribution in [0.3, 0.4) is 0 Å². The third-order valence-corrected chi connectivity index (χ3v) is 3.91. The molecule has 2 heterocycles. The van der Waals surface area contributed by atoms with Gasteiger partial charge in [-0.25, -0.2) is 4.79 Å². The van der Waals surface area contributed by atoms with Crippen LogP contribution in [0.1, 0.15) is 13.3 Å². The number of ether oxygens (including phenoxy) is 1. The molecule has 3 amide bonds. The second kappa shape index (κ2) is 7.98. The summed E-state index contributed by atoms with van der Waals surface area (Å²) in [6, 6.07) is -0.320. The summed E-state index contributed by atoms with van der Waals surface area (Å²) in [5, 5.41) is 5.72. The van der Waals surface area contributed by atoms with Crippen molar-refractivity contribution in [3.63, 3.8) is 0 Å². The smallest absolute Gasteiger partial charge is 0.324 e. The van der Waals surface area contributed by atoms with Crippen LogP contribution in [-0.2, 0) is 9.53 Å². The Kier molecular flexibility index (Phi) is 6.00. The third-order valence-electron chi connectivity index (χ3n) is 3.91. The van der Waals surface area contributed by atoms with Gasteiger partial charge in [0, 0.05) is 45.8 Å². The number of rotatable bonds is 6. The molecule has 124 valence electrons. The highest BCUT2D eigenvalue weighted by atomic mass is 16.5. The van der Waals surface area contributed by atoms with Gasteiger partial charge >= 0.3 is 6.03 Å². The molecule has 0 aromatic carbocycles. The van der Waals surface area contributed by atoms with E-state index >= 15 is 0 Å². The zero-order valence-electron chi connectivity index (χ0n) is 13.3. The Bertz CT molecular complexity index is 424. The van der Waals surface area contributed by atoms with Crippen molar-refractivity contribution in [1.82, 2.24) is 20.4 Å². The number of guanidine groups is 1. The minimum Gasteiger partial charge on any atom is -0.381 e. The molecule has 2 fully saturated rings. The lowest BCUT2D eigenvalue weighted by molar-refractivity contribution is -0.124. The van der Waals surface area contributed by atoms with Crippen molar-refractivity contribution >= 4 is 17.9 Å². The SMILES string of the molecule is CCOCC1CCN(C(=NC)NCCN2C(=O)CNC2=O)C1. The van der Waals surface area contributed by atoms with Gasteiger partial charge in [0.15, 0.2) is 5.96 Å². The summed E-state index contributed by atoms with van der Waals surface area (Å²) in [6.45, 7) is 6.34. The number of hydrogen-bond acceptors (Lipinski definition) is 4. The van der Waals surface area contributed by atoms with E-state index in [0.717, 1.165) is 38.7 Å². The van der Waals surface area contributed by atoms with E-state index in [1.54, 1.807) is 7.05 Å². The molecule has 0 bridgehead atoms. The number of nitrogens with zero attached hydrogens (tertiary/aromatic N) is 3. The molecule has 0 aromatic heterocycles. The van der Waals surface area contributed by atoms with Crippen molar-refractivity contribution in [3.05, 3.63) is 0 Å². The van der Waals surface area contributed by atoms with Crippen molar-refractivity contribution in [2.75, 3.05) is 53.0 Å². The number of hydrogen-bond donors (Lipinski definition) is 2. The topological polar surface area (TPSA) is 86.3 Å². The van der Waals surface area contributed by atoms with Gasteiger partial charge in [0.05, 0.1) is 13.2 Å². The first kappa shape index (κ1) is 16.5. The van der Waals surface area contributed by atoms with Crippen molar-refractivity contribution < 1.29 is 14.3 Å². The maximum atomic E-state index is 11.5. The summed E-state index contributed by atoms with van der Waals surface area (Å²) in [6.07, 6.45) is 1.09. The predicted molar refractivity (Wildman–Crippen MR) is 82.6 cm³/mol. The lowest BCUT2D eigenvalue weighted by atomic mass is 10.1. The maximum Gasteiger partial charge on any atom is 0.324 e. The first-order valence-corrected chi connectivity index (χ1v) is 7.77. The van der Waals surface area contributed by atoms with Gasteiger partial charge in [-0.3, -0.25) is 14.7 Å². The van der Waals surface area contributed by atoms with Crippen LogP contribution >= 0.6 is 0 Å². The summed E-state index contributed by atoms with van der Waals surface area (Å²) in [5.74, 6) is 1.16. The molecule has 2 aliphatic rings. The number of imide groups is 1. The second-order valence-electron chi connectivity index (χ2n) is 5.44. The lowest BCUT2D eigenvalue weighted by Gasteiger charge is -2.22. The van der Waals surface area contributed by atoms with Crippen molar-refractivity contribution in [2.45, 2.75) is 13.3 Å². The highest BCUT2D eigenvalue weighted by molar-refractivity contribution is 6.01. The molecule has 2 aliphatic heterocycles. The molecule has 0 saturated carbocycles. The summed E-state index contributed by atoms with van der Waals surface area (Å²) in [5.41, 5.74) is 0. The Morgan fingerprint density at radius 2 is 2.32 bits per heavy atom. The minimum atomic E-state index is -0.320. The number of carbonyl (C=O) groups excluding carboxylic acids is 2. The second-order valence-corrected chi connectivity index (χ2v) is 5.44. The van der Waals surface area contributed by atoms with E-state index < -0.39 is 0 Å². The van der Waals surface area contributed by atoms with Crippen LogP contribution in [0.2, 0.25) is 0 Å². The van der Waals surface area contributed by atoms with Gasteiger partial charge in [-0.15, -0.1) is 0 Å². The average Bonchev–Trinajstić information content (AvgIpc) is 3.10. The fraction of sp³-hybridized carbons (Fsp3) is 0.786. The molecule has 22 heavy (non-hydrogen) atoms. The van der Waals surface area contributed by atoms with E-state index in [9.17, 15) is 9.59 Å².